The molecule has 0 spiro atoms. The molecule has 3 aliphatic heterocycles. The van der Waals surface area contributed by atoms with Gasteiger partial charge in [0.25, 0.3) is 5.91 Å². The number of esters is 1. The van der Waals surface area contributed by atoms with E-state index in [9.17, 15) is 14.7 Å². The summed E-state index contributed by atoms with van der Waals surface area (Å²) in [5, 5.41) is 17.4. The highest BCUT2D eigenvalue weighted by atomic mass is 16.6. The van der Waals surface area contributed by atoms with Gasteiger partial charge in [0.05, 0.1) is 19.6 Å². The number of fused-ring (bicyclic) bond motifs is 3. The molecule has 0 saturated carbocycles. The molecule has 0 radical (unpaired) electrons. The van der Waals surface area contributed by atoms with Crippen LogP contribution in [0.3, 0.4) is 0 Å². The SMILES string of the molecule is Cc1cccc(C)c1C(=O)NCCC[N+]12CCC(CC1)C(OC(=O)C([O-])(c1ccccc1)c1ccccc1)C2. The van der Waals surface area contributed by atoms with Crippen LogP contribution in [0.15, 0.2) is 78.9 Å². The summed E-state index contributed by atoms with van der Waals surface area (Å²) < 4.78 is 6.99. The topological polar surface area (TPSA) is 78.5 Å². The molecule has 3 saturated heterocycles. The van der Waals surface area contributed by atoms with Crippen LogP contribution < -0.4 is 10.4 Å². The second-order valence-corrected chi connectivity index (χ2v) is 11.3. The van der Waals surface area contributed by atoms with Crippen molar-refractivity contribution in [3.8, 4) is 0 Å². The average Bonchev–Trinajstić information content (AvgIpc) is 2.96. The molecule has 1 unspecified atom stereocenters. The highest BCUT2D eigenvalue weighted by molar-refractivity contribution is 5.97. The fraction of sp³-hybridized carbons (Fsp3) is 0.394. The number of quaternary nitrogens is 1. The number of carbonyl (C=O) groups is 2. The van der Waals surface area contributed by atoms with Crippen LogP contribution in [0.1, 0.15) is 51.9 Å². The largest absolute Gasteiger partial charge is 0.834 e. The average molecular weight is 527 g/mol. The normalized spacial score (nSPS) is 22.3. The second-order valence-electron chi connectivity index (χ2n) is 11.3. The molecular weight excluding hydrogens is 488 g/mol. The van der Waals surface area contributed by atoms with Gasteiger partial charge in [-0.05, 0) is 36.1 Å². The third kappa shape index (κ3) is 5.49. The van der Waals surface area contributed by atoms with Crippen molar-refractivity contribution in [2.45, 2.75) is 44.8 Å². The first-order valence-electron chi connectivity index (χ1n) is 14.0. The summed E-state index contributed by atoms with van der Waals surface area (Å²) in [4.78, 5) is 26.4. The van der Waals surface area contributed by atoms with Crippen molar-refractivity contribution in [3.05, 3.63) is 107 Å². The van der Waals surface area contributed by atoms with Gasteiger partial charge in [0, 0.05) is 42.9 Å². The molecule has 3 aliphatic rings. The van der Waals surface area contributed by atoms with E-state index >= 15 is 0 Å². The third-order valence-corrected chi connectivity index (χ3v) is 8.75. The fourth-order valence-electron chi connectivity index (χ4n) is 6.51. The first-order valence-corrected chi connectivity index (χ1v) is 14.0. The van der Waals surface area contributed by atoms with Gasteiger partial charge in [-0.3, -0.25) is 9.59 Å². The van der Waals surface area contributed by atoms with Crippen LogP contribution in [0.25, 0.3) is 0 Å². The monoisotopic (exact) mass is 526 g/mol. The zero-order chi connectivity index (χ0) is 27.5. The molecule has 3 aromatic carbocycles. The maximum atomic E-state index is 14.3. The van der Waals surface area contributed by atoms with E-state index in [2.05, 4.69) is 5.32 Å². The summed E-state index contributed by atoms with van der Waals surface area (Å²) in [6.45, 7) is 8.26. The summed E-state index contributed by atoms with van der Waals surface area (Å²) in [6, 6.07) is 23.5. The first-order chi connectivity index (χ1) is 18.8. The van der Waals surface area contributed by atoms with E-state index in [-0.39, 0.29) is 17.9 Å². The number of hydrogen-bond donors (Lipinski definition) is 1. The quantitative estimate of drug-likeness (QED) is 0.261. The summed E-state index contributed by atoms with van der Waals surface area (Å²) in [5.74, 6) is -0.463. The molecular formula is C33H38N2O4. The predicted molar refractivity (Wildman–Crippen MR) is 149 cm³/mol. The van der Waals surface area contributed by atoms with Gasteiger partial charge in [-0.25, -0.2) is 0 Å². The number of nitrogens with zero attached hydrogens (tertiary/aromatic N) is 1. The van der Waals surface area contributed by atoms with Crippen molar-refractivity contribution < 1.29 is 23.9 Å². The minimum absolute atomic E-state index is 0.0247. The maximum absolute atomic E-state index is 14.3. The van der Waals surface area contributed by atoms with E-state index in [1.165, 1.54) is 0 Å². The molecule has 1 amide bonds. The van der Waals surface area contributed by atoms with Gasteiger partial charge in [0.1, 0.15) is 6.54 Å². The van der Waals surface area contributed by atoms with Crippen molar-refractivity contribution in [1.82, 2.24) is 5.32 Å². The van der Waals surface area contributed by atoms with Crippen LogP contribution in [0.2, 0.25) is 0 Å². The molecule has 0 aliphatic carbocycles. The molecule has 6 heteroatoms. The lowest BCUT2D eigenvalue weighted by Gasteiger charge is -2.53. The Bertz CT molecular complexity index is 1240. The Morgan fingerprint density at radius 3 is 2.03 bits per heavy atom. The Morgan fingerprint density at radius 1 is 0.897 bits per heavy atom. The van der Waals surface area contributed by atoms with E-state index in [1.54, 1.807) is 48.5 Å². The lowest BCUT2D eigenvalue weighted by molar-refractivity contribution is -0.946. The molecule has 3 aromatic rings. The molecule has 204 valence electrons. The smallest absolute Gasteiger partial charge is 0.304 e. The molecule has 0 aromatic heterocycles. The molecule has 39 heavy (non-hydrogen) atoms. The van der Waals surface area contributed by atoms with Crippen LogP contribution in [0.4, 0.5) is 0 Å². The molecule has 2 bridgehead atoms. The van der Waals surface area contributed by atoms with E-state index < -0.39 is 11.6 Å². The van der Waals surface area contributed by atoms with Gasteiger partial charge in [0.15, 0.2) is 6.10 Å². The standard InChI is InChI=1S/C33H38N2O4/c1-24-11-9-12-25(2)30(24)31(36)34-19-10-20-35-21-17-26(18-22-35)29(23-35)39-32(37)33(38,27-13-5-3-6-14-27)28-15-7-4-8-16-28/h3-9,11-16,26,29H,10,17-23H2,1-2H3,(H,34,36). The number of piperidine rings is 3. The highest BCUT2D eigenvalue weighted by Crippen LogP contribution is 2.37. The lowest BCUT2D eigenvalue weighted by Crippen LogP contribution is -2.65. The van der Waals surface area contributed by atoms with Gasteiger partial charge < -0.3 is 19.6 Å². The Hall–Kier alpha value is -3.48. The Morgan fingerprint density at radius 2 is 1.46 bits per heavy atom. The minimum Gasteiger partial charge on any atom is -0.834 e. The summed E-state index contributed by atoms with van der Waals surface area (Å²) in [7, 11) is 0. The van der Waals surface area contributed by atoms with Crippen molar-refractivity contribution >= 4 is 11.9 Å². The van der Waals surface area contributed by atoms with E-state index in [0.29, 0.717) is 17.7 Å². The number of amides is 1. The van der Waals surface area contributed by atoms with Gasteiger partial charge in [-0.15, -0.1) is 0 Å². The molecule has 6 rings (SSSR count). The van der Waals surface area contributed by atoms with Gasteiger partial charge in [0.2, 0.25) is 0 Å². The van der Waals surface area contributed by atoms with E-state index in [0.717, 1.165) is 66.6 Å². The number of nitrogens with one attached hydrogen (secondary N) is 1. The number of benzene rings is 3. The third-order valence-electron chi connectivity index (χ3n) is 8.75. The van der Waals surface area contributed by atoms with Crippen molar-refractivity contribution in [2.75, 3.05) is 32.7 Å². The predicted octanol–water partition coefficient (Wildman–Crippen LogP) is 3.88. The summed E-state index contributed by atoms with van der Waals surface area (Å²) in [6.07, 6.45) is 2.54. The lowest BCUT2D eigenvalue weighted by atomic mass is 9.82. The fourth-order valence-corrected chi connectivity index (χ4v) is 6.51. The van der Waals surface area contributed by atoms with Gasteiger partial charge in [-0.2, -0.15) is 0 Å². The number of aryl methyl sites for hydroxylation is 2. The van der Waals surface area contributed by atoms with Crippen LogP contribution in [-0.2, 0) is 15.1 Å². The second kappa shape index (κ2) is 11.3. The van der Waals surface area contributed by atoms with Crippen LogP contribution in [0, 0.1) is 19.8 Å². The maximum Gasteiger partial charge on any atom is 0.304 e. The van der Waals surface area contributed by atoms with E-state index in [1.807, 2.05) is 44.2 Å². The minimum atomic E-state index is -2.11. The summed E-state index contributed by atoms with van der Waals surface area (Å²) >= 11 is 0. The molecule has 3 heterocycles. The van der Waals surface area contributed by atoms with Gasteiger partial charge >= 0.3 is 5.97 Å². The van der Waals surface area contributed by atoms with Crippen molar-refractivity contribution in [3.63, 3.8) is 0 Å². The molecule has 6 nitrogen and oxygen atoms in total. The highest BCUT2D eigenvalue weighted by Gasteiger charge is 2.48. The zero-order valence-electron chi connectivity index (χ0n) is 22.9. The Balaban J connectivity index is 1.23. The zero-order valence-corrected chi connectivity index (χ0v) is 22.9. The molecule has 1 atom stereocenters. The number of ether oxygens (including phenoxy) is 1. The van der Waals surface area contributed by atoms with Crippen LogP contribution >= 0.6 is 0 Å². The van der Waals surface area contributed by atoms with Crippen LogP contribution in [-0.4, -0.2) is 55.2 Å². The van der Waals surface area contributed by atoms with Crippen molar-refractivity contribution in [2.24, 2.45) is 5.92 Å². The number of rotatable bonds is 9. The summed E-state index contributed by atoms with van der Waals surface area (Å²) in [5.41, 5.74) is 1.40. The Kier molecular flexibility index (Phi) is 7.87. The molecule has 3 fully saturated rings. The number of carbonyl (C=O) groups excluding carboxylic acids is 2. The van der Waals surface area contributed by atoms with Crippen LogP contribution in [0.5, 0.6) is 0 Å². The molecule has 1 N–H and O–H groups in total. The van der Waals surface area contributed by atoms with Gasteiger partial charge in [-0.1, -0.05) is 78.9 Å². The number of hydrogen-bond acceptors (Lipinski definition) is 4. The Labute approximate surface area is 231 Å². The van der Waals surface area contributed by atoms with Crippen molar-refractivity contribution in [1.29, 1.82) is 0 Å². The first kappa shape index (κ1) is 27.1. The van der Waals surface area contributed by atoms with E-state index in [4.69, 9.17) is 4.74 Å².